The van der Waals surface area contributed by atoms with Gasteiger partial charge in [-0.1, -0.05) is 70.7 Å². The highest BCUT2D eigenvalue weighted by Gasteiger charge is 2.19. The predicted molar refractivity (Wildman–Crippen MR) is 183 cm³/mol. The van der Waals surface area contributed by atoms with E-state index in [-0.39, 0.29) is 31.9 Å². The number of hydrogen-bond donors (Lipinski definition) is 1. The maximum Gasteiger partial charge on any atom is 0.331 e. The molecule has 0 saturated carbocycles. The molecule has 0 spiro atoms. The van der Waals surface area contributed by atoms with Gasteiger partial charge in [0.15, 0.2) is 0 Å². The van der Waals surface area contributed by atoms with E-state index >= 15 is 0 Å². The van der Waals surface area contributed by atoms with Crippen LogP contribution in [0.2, 0.25) is 20.1 Å². The van der Waals surface area contributed by atoms with Crippen LogP contribution in [0.1, 0.15) is 37.1 Å². The molecule has 2 heterocycles. The zero-order valence-electron chi connectivity index (χ0n) is 24.8. The molecule has 4 aromatic carbocycles. The summed E-state index contributed by atoms with van der Waals surface area (Å²) in [6, 6.07) is 17.2. The fourth-order valence-electron chi connectivity index (χ4n) is 5.17. The monoisotopic (exact) mass is 718 g/mol. The third kappa shape index (κ3) is 6.64. The van der Waals surface area contributed by atoms with E-state index in [0.717, 1.165) is 32.4 Å². The van der Waals surface area contributed by atoms with E-state index in [9.17, 15) is 28.0 Å². The van der Waals surface area contributed by atoms with Crippen molar-refractivity contribution in [2.75, 3.05) is 0 Å². The lowest BCUT2D eigenvalue weighted by atomic mass is 10.1. The third-order valence-electron chi connectivity index (χ3n) is 7.79. The zero-order chi connectivity index (χ0) is 34.3. The van der Waals surface area contributed by atoms with E-state index in [4.69, 9.17) is 46.4 Å². The van der Waals surface area contributed by atoms with Crippen LogP contribution in [-0.4, -0.2) is 18.7 Å². The van der Waals surface area contributed by atoms with Crippen molar-refractivity contribution < 1.29 is 8.78 Å². The molecule has 6 rings (SSSR count). The topological polar surface area (TPSA) is 98.9 Å². The molecule has 2 atom stereocenters. The Morgan fingerprint density at radius 2 is 1.09 bits per heavy atom. The van der Waals surface area contributed by atoms with Crippen LogP contribution in [0.25, 0.3) is 21.8 Å². The minimum absolute atomic E-state index is 0.0623. The van der Waals surface area contributed by atoms with Crippen molar-refractivity contribution in [3.63, 3.8) is 0 Å². The van der Waals surface area contributed by atoms with Crippen molar-refractivity contribution in [1.29, 1.82) is 0 Å². The Hall–Kier alpha value is -4.22. The quantitative estimate of drug-likeness (QED) is 0.204. The van der Waals surface area contributed by atoms with Gasteiger partial charge in [0.25, 0.3) is 11.1 Å². The highest BCUT2D eigenvalue weighted by molar-refractivity contribution is 6.32. The molecule has 0 aliphatic carbocycles. The standard InChI is InChI=1S/C17H13Cl2FN2O2.C16H11Cl2FN2O2/c1-9(10-3-5-11(18)6-4-10)22-16(23)12-7-14(20)13(19)8-15(12)21(2)17(22)24;1-8(9-2-4-10(17)5-3-9)21-15(22)11-6-13(19)12(18)7-14(11)20-16(21)23/h3-9H,1-2H3;2-8H,1H3,(H,20,23)/t9-;8-/m00/s1. The number of rotatable bonds is 4. The minimum atomic E-state index is -0.714. The molecule has 242 valence electrons. The number of H-pyrrole nitrogens is 1. The number of nitrogens with one attached hydrogen (secondary N) is 1. The van der Waals surface area contributed by atoms with Gasteiger partial charge < -0.3 is 4.98 Å². The Labute approximate surface area is 284 Å². The fourth-order valence-corrected chi connectivity index (χ4v) is 5.74. The first kappa shape index (κ1) is 34.1. The summed E-state index contributed by atoms with van der Waals surface area (Å²) in [4.78, 5) is 52.8. The van der Waals surface area contributed by atoms with Gasteiger partial charge in [0.1, 0.15) is 11.6 Å². The van der Waals surface area contributed by atoms with Gasteiger partial charge in [0.05, 0.1) is 43.9 Å². The lowest BCUT2D eigenvalue weighted by Gasteiger charge is -2.17. The highest BCUT2D eigenvalue weighted by atomic mass is 35.5. The van der Waals surface area contributed by atoms with E-state index in [0.29, 0.717) is 10.0 Å². The second-order valence-corrected chi connectivity index (χ2v) is 12.4. The smallest absolute Gasteiger partial charge is 0.307 e. The molecule has 0 saturated heterocycles. The molecule has 0 amide bonds. The van der Waals surface area contributed by atoms with Crippen molar-refractivity contribution in [1.82, 2.24) is 18.7 Å². The number of aromatic nitrogens is 4. The first-order valence-corrected chi connectivity index (χ1v) is 15.5. The molecule has 0 fully saturated rings. The van der Waals surface area contributed by atoms with E-state index in [1.54, 1.807) is 62.4 Å². The molecule has 0 bridgehead atoms. The summed E-state index contributed by atoms with van der Waals surface area (Å²) in [5, 5.41) is 0.974. The predicted octanol–water partition coefficient (Wildman–Crippen LogP) is 7.50. The number of benzene rings is 4. The Kier molecular flexibility index (Phi) is 9.79. The van der Waals surface area contributed by atoms with Crippen molar-refractivity contribution in [2.24, 2.45) is 7.05 Å². The highest BCUT2D eigenvalue weighted by Crippen LogP contribution is 2.23. The van der Waals surface area contributed by atoms with E-state index < -0.39 is 46.2 Å². The van der Waals surface area contributed by atoms with Crippen LogP contribution in [0, 0.1) is 11.6 Å². The van der Waals surface area contributed by atoms with Crippen LogP contribution in [0.5, 0.6) is 0 Å². The van der Waals surface area contributed by atoms with Crippen LogP contribution in [-0.2, 0) is 7.05 Å². The summed E-state index contributed by atoms with van der Waals surface area (Å²) < 4.78 is 30.8. The number of nitrogens with zero attached hydrogens (tertiary/aromatic N) is 3. The number of aromatic amines is 1. The molecule has 2 aromatic heterocycles. The third-order valence-corrected chi connectivity index (χ3v) is 8.87. The van der Waals surface area contributed by atoms with Gasteiger partial charge in [-0.05, 0) is 73.5 Å². The van der Waals surface area contributed by atoms with Crippen molar-refractivity contribution in [3.8, 4) is 0 Å². The first-order valence-electron chi connectivity index (χ1n) is 13.9. The first-order chi connectivity index (χ1) is 22.2. The van der Waals surface area contributed by atoms with Crippen molar-refractivity contribution in [2.45, 2.75) is 25.9 Å². The zero-order valence-corrected chi connectivity index (χ0v) is 27.8. The van der Waals surface area contributed by atoms with Gasteiger partial charge in [-0.2, -0.15) is 0 Å². The summed E-state index contributed by atoms with van der Waals surface area (Å²) in [6.07, 6.45) is 0. The molecule has 0 radical (unpaired) electrons. The molecule has 47 heavy (non-hydrogen) atoms. The summed E-state index contributed by atoms with van der Waals surface area (Å²) in [7, 11) is 1.52. The Morgan fingerprint density at radius 1 is 0.638 bits per heavy atom. The van der Waals surface area contributed by atoms with Gasteiger partial charge in [-0.15, -0.1) is 0 Å². The number of fused-ring (bicyclic) bond motifs is 2. The maximum absolute atomic E-state index is 13.8. The van der Waals surface area contributed by atoms with E-state index in [1.807, 2.05) is 0 Å². The van der Waals surface area contributed by atoms with Crippen LogP contribution < -0.4 is 22.5 Å². The second kappa shape index (κ2) is 13.5. The summed E-state index contributed by atoms with van der Waals surface area (Å²) in [5.74, 6) is -1.42. The maximum atomic E-state index is 13.8. The molecule has 1 N–H and O–H groups in total. The van der Waals surface area contributed by atoms with Gasteiger partial charge in [-0.25, -0.2) is 18.4 Å². The minimum Gasteiger partial charge on any atom is -0.307 e. The number of aryl methyl sites for hydroxylation is 1. The average Bonchev–Trinajstić information content (AvgIpc) is 3.03. The van der Waals surface area contributed by atoms with Gasteiger partial charge >= 0.3 is 11.4 Å². The number of halogens is 6. The van der Waals surface area contributed by atoms with Gasteiger partial charge in [0, 0.05) is 17.1 Å². The van der Waals surface area contributed by atoms with Crippen LogP contribution in [0.15, 0.2) is 92.0 Å². The Morgan fingerprint density at radius 3 is 1.62 bits per heavy atom. The summed E-state index contributed by atoms with van der Waals surface area (Å²) in [6.45, 7) is 3.43. The Balaban J connectivity index is 0.000000185. The van der Waals surface area contributed by atoms with Crippen LogP contribution in [0.3, 0.4) is 0 Å². The van der Waals surface area contributed by atoms with Gasteiger partial charge in [0.2, 0.25) is 0 Å². The molecule has 0 aliphatic heterocycles. The lowest BCUT2D eigenvalue weighted by Crippen LogP contribution is -2.41. The molecular weight excluding hydrogens is 696 g/mol. The van der Waals surface area contributed by atoms with E-state index in [2.05, 4.69) is 4.98 Å². The van der Waals surface area contributed by atoms with Crippen molar-refractivity contribution in [3.05, 3.63) is 157 Å². The molecule has 6 aromatic rings. The average molecular weight is 720 g/mol. The van der Waals surface area contributed by atoms with Gasteiger partial charge in [-0.3, -0.25) is 23.3 Å². The molecule has 14 heteroatoms. The van der Waals surface area contributed by atoms with Crippen LogP contribution >= 0.6 is 46.4 Å². The number of hydrogen-bond acceptors (Lipinski definition) is 4. The second-order valence-electron chi connectivity index (χ2n) is 10.7. The lowest BCUT2D eigenvalue weighted by molar-refractivity contribution is 0.560. The molecular formula is C33H24Cl4F2N4O4. The molecule has 8 nitrogen and oxygen atoms in total. The molecule has 0 aliphatic rings. The van der Waals surface area contributed by atoms with Crippen LogP contribution in [0.4, 0.5) is 8.78 Å². The molecule has 0 unspecified atom stereocenters. The Bertz CT molecular complexity index is 2400. The summed E-state index contributed by atoms with van der Waals surface area (Å²) in [5.41, 5.74) is -0.275. The normalized spacial score (nSPS) is 12.5. The summed E-state index contributed by atoms with van der Waals surface area (Å²) >= 11 is 23.2. The largest absolute Gasteiger partial charge is 0.331 e. The van der Waals surface area contributed by atoms with Crippen molar-refractivity contribution >= 4 is 68.2 Å². The van der Waals surface area contributed by atoms with E-state index in [1.165, 1.54) is 23.7 Å². The fraction of sp³-hybridized carbons (Fsp3) is 0.152. The SMILES string of the molecule is C[C@@H](c1ccc(Cl)cc1)n1c(=O)[nH]c2cc(Cl)c(F)cc2c1=O.C[C@@H](c1ccc(Cl)cc1)n1c(=O)c2cc(F)c(Cl)cc2n(C)c1=O.